The molecule has 0 atom stereocenters. The van der Waals surface area contributed by atoms with E-state index >= 15 is 0 Å². The molecule has 2 amide bonds. The smallest absolute Gasteiger partial charge is 0.371 e. The van der Waals surface area contributed by atoms with E-state index in [2.05, 4.69) is 10.6 Å². The molecule has 0 fully saturated rings. The van der Waals surface area contributed by atoms with E-state index in [1.807, 2.05) is 42.5 Å². The number of halogens is 1. The van der Waals surface area contributed by atoms with Crippen LogP contribution in [-0.2, 0) is 17.1 Å². The van der Waals surface area contributed by atoms with Crippen LogP contribution in [0.15, 0.2) is 78.9 Å². The van der Waals surface area contributed by atoms with Gasteiger partial charge in [0.05, 0.1) is 0 Å². The van der Waals surface area contributed by atoms with Gasteiger partial charge < -0.3 is 10.6 Å². The fraction of sp³-hybridized carbons (Fsp3) is 0. The zero-order chi connectivity index (χ0) is 14.9. The summed E-state index contributed by atoms with van der Waals surface area (Å²) in [4.78, 5) is 11.4. The first kappa shape index (κ1) is 17.7. The average Bonchev–Trinajstić information content (AvgIpc) is 3.16. The third kappa shape index (κ3) is 6.39. The summed E-state index contributed by atoms with van der Waals surface area (Å²) in [5.74, 6) is -0.331. The first-order valence-electron chi connectivity index (χ1n) is 6.46. The molecule has 5 heteroatoms. The maximum absolute atomic E-state index is 12.6. The Morgan fingerprint density at radius 1 is 0.864 bits per heavy atom. The number of benzene rings is 1. The Kier molecular flexibility index (Phi) is 7.68. The molecule has 0 radical (unpaired) electrons. The minimum Gasteiger partial charge on any atom is -0.371 e. The zero-order valence-corrected chi connectivity index (χ0v) is 12.7. The molecule has 0 spiro atoms. The minimum atomic E-state index is -0.349. The summed E-state index contributed by atoms with van der Waals surface area (Å²) in [5, 5.41) is 5.23. The molecular formula is C17H15FFeN2O. The van der Waals surface area contributed by atoms with E-state index < -0.39 is 0 Å². The number of hydrogen-bond donors (Lipinski definition) is 2. The van der Waals surface area contributed by atoms with Crippen LogP contribution in [0.1, 0.15) is 0 Å². The maximum atomic E-state index is 12.6. The first-order chi connectivity index (χ1) is 10.2. The van der Waals surface area contributed by atoms with Crippen molar-refractivity contribution in [1.29, 1.82) is 0 Å². The Hall–Kier alpha value is -2.36. The quantitative estimate of drug-likeness (QED) is 0.521. The second kappa shape index (κ2) is 9.55. The maximum Gasteiger partial charge on any atom is 2.00 e. The van der Waals surface area contributed by atoms with Gasteiger partial charge in [0.2, 0.25) is 0 Å². The minimum absolute atomic E-state index is 0. The Morgan fingerprint density at radius 2 is 1.50 bits per heavy atom. The summed E-state index contributed by atoms with van der Waals surface area (Å²) in [5.41, 5.74) is 1.27. The van der Waals surface area contributed by atoms with E-state index in [-0.39, 0.29) is 28.9 Å². The van der Waals surface area contributed by atoms with Gasteiger partial charge in [-0.1, -0.05) is 0 Å². The van der Waals surface area contributed by atoms with Crippen molar-refractivity contribution < 1.29 is 26.3 Å². The molecule has 0 unspecified atom stereocenters. The number of rotatable bonds is 2. The van der Waals surface area contributed by atoms with E-state index in [0.717, 1.165) is 5.69 Å². The standard InChI is InChI=1S/C12H10FN2O.C5H5.Fe/c13-9-5-7-11(8-6-9)15-12(16)14-10-3-1-2-4-10;1-2-4-5-3-1;/h1-8H,(H2,14,15,16);1-5H;/q2*-1;+2. The Labute approximate surface area is 139 Å². The monoisotopic (exact) mass is 338 g/mol. The van der Waals surface area contributed by atoms with Gasteiger partial charge >= 0.3 is 23.1 Å². The van der Waals surface area contributed by atoms with Crippen molar-refractivity contribution >= 4 is 17.4 Å². The Balaban J connectivity index is 0.000000344. The molecule has 0 aromatic heterocycles. The number of carbonyl (C=O) groups excluding carboxylic acids is 1. The van der Waals surface area contributed by atoms with Crippen LogP contribution in [0.25, 0.3) is 0 Å². The molecule has 0 aliphatic carbocycles. The summed E-state index contributed by atoms with van der Waals surface area (Å²) in [7, 11) is 0. The fourth-order valence-corrected chi connectivity index (χ4v) is 1.60. The summed E-state index contributed by atoms with van der Waals surface area (Å²) < 4.78 is 12.6. The zero-order valence-electron chi connectivity index (χ0n) is 11.6. The summed E-state index contributed by atoms with van der Waals surface area (Å²) in [6.07, 6.45) is 0. The van der Waals surface area contributed by atoms with E-state index in [0.29, 0.717) is 5.69 Å². The molecule has 0 saturated heterocycles. The molecule has 114 valence electrons. The molecule has 0 aliphatic rings. The van der Waals surface area contributed by atoms with Crippen molar-refractivity contribution in [2.75, 3.05) is 10.6 Å². The summed E-state index contributed by atoms with van der Waals surface area (Å²) in [6.45, 7) is 0. The van der Waals surface area contributed by atoms with Crippen LogP contribution in [0.2, 0.25) is 0 Å². The van der Waals surface area contributed by atoms with Crippen molar-refractivity contribution in [3.8, 4) is 0 Å². The number of anilines is 2. The number of hydrogen-bond acceptors (Lipinski definition) is 1. The molecule has 0 saturated carbocycles. The predicted octanol–water partition coefficient (Wildman–Crippen LogP) is 4.59. The van der Waals surface area contributed by atoms with Crippen molar-refractivity contribution in [3.63, 3.8) is 0 Å². The van der Waals surface area contributed by atoms with E-state index in [1.54, 1.807) is 12.1 Å². The van der Waals surface area contributed by atoms with Crippen LogP contribution in [0, 0.1) is 5.82 Å². The summed E-state index contributed by atoms with van der Waals surface area (Å²) >= 11 is 0. The van der Waals surface area contributed by atoms with Crippen molar-refractivity contribution in [2.45, 2.75) is 0 Å². The van der Waals surface area contributed by atoms with E-state index in [9.17, 15) is 9.18 Å². The van der Waals surface area contributed by atoms with Crippen LogP contribution in [0.5, 0.6) is 0 Å². The van der Waals surface area contributed by atoms with Gasteiger partial charge in [0.1, 0.15) is 5.82 Å². The molecular weight excluding hydrogens is 323 g/mol. The molecule has 0 aliphatic heterocycles. The molecule has 2 N–H and O–H groups in total. The van der Waals surface area contributed by atoms with Crippen molar-refractivity contribution in [2.24, 2.45) is 0 Å². The van der Waals surface area contributed by atoms with Crippen LogP contribution >= 0.6 is 0 Å². The van der Waals surface area contributed by atoms with Crippen LogP contribution in [-0.4, -0.2) is 6.03 Å². The van der Waals surface area contributed by atoms with Gasteiger partial charge in [-0.15, -0.1) is 5.69 Å². The molecule has 3 aromatic rings. The van der Waals surface area contributed by atoms with Gasteiger partial charge in [0.25, 0.3) is 0 Å². The number of urea groups is 1. The van der Waals surface area contributed by atoms with Gasteiger partial charge in [-0.05, 0) is 24.3 Å². The third-order valence-electron chi connectivity index (χ3n) is 2.58. The van der Waals surface area contributed by atoms with Gasteiger partial charge in [-0.2, -0.15) is 42.5 Å². The van der Waals surface area contributed by atoms with Crippen LogP contribution < -0.4 is 10.6 Å². The van der Waals surface area contributed by atoms with Crippen molar-refractivity contribution in [1.82, 2.24) is 0 Å². The van der Waals surface area contributed by atoms with Gasteiger partial charge in [0.15, 0.2) is 0 Å². The Bertz CT molecular complexity index is 617. The van der Waals surface area contributed by atoms with E-state index in [1.165, 1.54) is 24.3 Å². The van der Waals surface area contributed by atoms with Gasteiger partial charge in [0, 0.05) is 5.69 Å². The number of nitrogens with one attached hydrogen (secondary N) is 2. The predicted molar refractivity (Wildman–Crippen MR) is 83.1 cm³/mol. The third-order valence-corrected chi connectivity index (χ3v) is 2.58. The van der Waals surface area contributed by atoms with Gasteiger partial charge in [-0.3, -0.25) is 0 Å². The molecule has 3 rings (SSSR count). The van der Waals surface area contributed by atoms with Gasteiger partial charge in [-0.25, -0.2) is 21.3 Å². The van der Waals surface area contributed by atoms with Crippen LogP contribution in [0.3, 0.4) is 0 Å². The number of amides is 2. The molecule has 22 heavy (non-hydrogen) atoms. The topological polar surface area (TPSA) is 41.1 Å². The van der Waals surface area contributed by atoms with Crippen LogP contribution in [0.4, 0.5) is 20.6 Å². The van der Waals surface area contributed by atoms with E-state index in [4.69, 9.17) is 0 Å². The normalized spacial score (nSPS) is 8.95. The van der Waals surface area contributed by atoms with Crippen molar-refractivity contribution in [3.05, 3.63) is 84.7 Å². The molecule has 3 nitrogen and oxygen atoms in total. The summed E-state index contributed by atoms with van der Waals surface area (Å²) in [6, 6.07) is 22.4. The molecule has 0 heterocycles. The SMILES string of the molecule is O=C(Nc1ccc(F)cc1)Nc1cc[cH-]c1.[Fe+2].c1cc[cH-]c1. The molecule has 0 bridgehead atoms. The molecule has 3 aromatic carbocycles. The Morgan fingerprint density at radius 3 is 2.00 bits per heavy atom. The first-order valence-corrected chi connectivity index (χ1v) is 6.46. The second-order valence-electron chi connectivity index (χ2n) is 4.22. The average molecular weight is 338 g/mol. The second-order valence-corrected chi connectivity index (χ2v) is 4.22. The number of carbonyl (C=O) groups is 1. The largest absolute Gasteiger partial charge is 2.00 e. The fourth-order valence-electron chi connectivity index (χ4n) is 1.60.